The van der Waals surface area contributed by atoms with E-state index in [9.17, 15) is 0 Å². The lowest BCUT2D eigenvalue weighted by atomic mass is 10.2. The summed E-state index contributed by atoms with van der Waals surface area (Å²) in [5, 5.41) is 3.83. The lowest BCUT2D eigenvalue weighted by molar-refractivity contribution is 0.359. The van der Waals surface area contributed by atoms with Crippen molar-refractivity contribution in [3.8, 4) is 46.0 Å². The standard InChI is InChI=1S/C24H14ClNO4/c25-15-12-23-24(30-20-8-4-3-7-19(20)29-23)13-16(15)26-14-9-10-21-22(11-14)28-18-6-2-1-5-17(18)27-21/h1-13,26H. The third-order valence-electron chi connectivity index (χ3n) is 4.83. The molecule has 0 atom stereocenters. The molecule has 0 radical (unpaired) electrons. The number of halogens is 1. The number of para-hydroxylation sites is 4. The highest BCUT2D eigenvalue weighted by Crippen LogP contribution is 2.49. The van der Waals surface area contributed by atoms with Gasteiger partial charge in [-0.2, -0.15) is 0 Å². The van der Waals surface area contributed by atoms with Gasteiger partial charge in [-0.15, -0.1) is 0 Å². The average Bonchev–Trinajstić information content (AvgIpc) is 2.77. The van der Waals surface area contributed by atoms with Crippen molar-refractivity contribution in [1.29, 1.82) is 0 Å². The van der Waals surface area contributed by atoms with Crippen molar-refractivity contribution in [3.63, 3.8) is 0 Å². The third kappa shape index (κ3) is 2.88. The molecule has 5 nitrogen and oxygen atoms in total. The van der Waals surface area contributed by atoms with Crippen molar-refractivity contribution in [2.75, 3.05) is 5.32 Å². The molecule has 0 saturated heterocycles. The van der Waals surface area contributed by atoms with E-state index in [-0.39, 0.29) is 0 Å². The van der Waals surface area contributed by atoms with Gasteiger partial charge < -0.3 is 24.3 Å². The molecule has 0 amide bonds. The van der Waals surface area contributed by atoms with E-state index >= 15 is 0 Å². The normalized spacial score (nSPS) is 12.6. The van der Waals surface area contributed by atoms with Crippen LogP contribution in [0.25, 0.3) is 0 Å². The number of benzene rings is 4. The molecule has 6 heteroatoms. The molecule has 6 rings (SSSR count). The molecule has 1 N–H and O–H groups in total. The maximum Gasteiger partial charge on any atom is 0.172 e. The number of hydrogen-bond donors (Lipinski definition) is 1. The molecule has 4 aromatic rings. The van der Waals surface area contributed by atoms with Crippen molar-refractivity contribution in [3.05, 3.63) is 83.9 Å². The van der Waals surface area contributed by atoms with E-state index in [1.54, 1.807) is 6.07 Å². The molecule has 0 fully saturated rings. The molecule has 4 aromatic carbocycles. The molecule has 0 aromatic heterocycles. The van der Waals surface area contributed by atoms with Crippen LogP contribution in [0, 0.1) is 0 Å². The van der Waals surface area contributed by atoms with Crippen LogP contribution < -0.4 is 24.3 Å². The summed E-state index contributed by atoms with van der Waals surface area (Å²) >= 11 is 6.49. The fourth-order valence-electron chi connectivity index (χ4n) is 3.41. The van der Waals surface area contributed by atoms with Gasteiger partial charge in [0.05, 0.1) is 10.7 Å². The van der Waals surface area contributed by atoms with E-state index < -0.39 is 0 Å². The summed E-state index contributed by atoms with van der Waals surface area (Å²) in [6.07, 6.45) is 0. The summed E-state index contributed by atoms with van der Waals surface area (Å²) in [6, 6.07) is 24.2. The maximum absolute atomic E-state index is 6.49. The van der Waals surface area contributed by atoms with Gasteiger partial charge in [0.1, 0.15) is 0 Å². The van der Waals surface area contributed by atoms with E-state index in [0.717, 1.165) is 5.69 Å². The molecule has 0 bridgehead atoms. The molecular formula is C24H14ClNO4. The lowest BCUT2D eigenvalue weighted by Crippen LogP contribution is -2.01. The fourth-order valence-corrected chi connectivity index (χ4v) is 3.61. The molecule has 146 valence electrons. The number of fused-ring (bicyclic) bond motifs is 4. The second-order valence-corrected chi connectivity index (χ2v) is 7.27. The first-order valence-electron chi connectivity index (χ1n) is 9.37. The Kier molecular flexibility index (Phi) is 3.76. The van der Waals surface area contributed by atoms with Crippen LogP contribution in [0.2, 0.25) is 5.02 Å². The Balaban J connectivity index is 1.30. The Morgan fingerprint density at radius 3 is 1.57 bits per heavy atom. The lowest BCUT2D eigenvalue weighted by Gasteiger charge is -2.23. The zero-order chi connectivity index (χ0) is 20.1. The topological polar surface area (TPSA) is 49.0 Å². The quantitative estimate of drug-likeness (QED) is 0.311. The molecule has 2 aliphatic heterocycles. The zero-order valence-electron chi connectivity index (χ0n) is 15.5. The van der Waals surface area contributed by atoms with Crippen molar-refractivity contribution < 1.29 is 18.9 Å². The van der Waals surface area contributed by atoms with E-state index in [4.69, 9.17) is 30.5 Å². The maximum atomic E-state index is 6.49. The van der Waals surface area contributed by atoms with Gasteiger partial charge in [0.15, 0.2) is 46.0 Å². The van der Waals surface area contributed by atoms with Gasteiger partial charge in [0.25, 0.3) is 0 Å². The number of ether oxygens (including phenoxy) is 4. The summed E-state index contributed by atoms with van der Waals surface area (Å²) in [5.74, 6) is 5.14. The van der Waals surface area contributed by atoms with Gasteiger partial charge in [0, 0.05) is 23.9 Å². The summed E-state index contributed by atoms with van der Waals surface area (Å²) in [7, 11) is 0. The van der Waals surface area contributed by atoms with Gasteiger partial charge in [-0.25, -0.2) is 0 Å². The Bertz CT molecular complexity index is 1300. The van der Waals surface area contributed by atoms with E-state index in [1.807, 2.05) is 72.8 Å². The summed E-state index contributed by atoms with van der Waals surface area (Å²) in [4.78, 5) is 0. The van der Waals surface area contributed by atoms with E-state index in [2.05, 4.69) is 5.32 Å². The van der Waals surface area contributed by atoms with Gasteiger partial charge in [-0.3, -0.25) is 0 Å². The van der Waals surface area contributed by atoms with Crippen LogP contribution >= 0.6 is 11.6 Å². The average molecular weight is 416 g/mol. The molecule has 0 aliphatic carbocycles. The van der Waals surface area contributed by atoms with Crippen molar-refractivity contribution in [1.82, 2.24) is 0 Å². The zero-order valence-corrected chi connectivity index (χ0v) is 16.3. The highest BCUT2D eigenvalue weighted by atomic mass is 35.5. The summed E-state index contributed by atoms with van der Waals surface area (Å²) in [6.45, 7) is 0. The second kappa shape index (κ2) is 6.61. The minimum Gasteiger partial charge on any atom is -0.450 e. The van der Waals surface area contributed by atoms with Gasteiger partial charge in [0.2, 0.25) is 0 Å². The van der Waals surface area contributed by atoms with Crippen molar-refractivity contribution in [2.45, 2.75) is 0 Å². The fraction of sp³-hybridized carbons (Fsp3) is 0. The Morgan fingerprint density at radius 1 is 0.500 bits per heavy atom. The molecule has 2 heterocycles. The van der Waals surface area contributed by atoms with Crippen molar-refractivity contribution in [2.24, 2.45) is 0 Å². The van der Waals surface area contributed by atoms with E-state index in [1.165, 1.54) is 0 Å². The number of hydrogen-bond acceptors (Lipinski definition) is 5. The molecule has 0 spiro atoms. The Hall–Kier alpha value is -3.83. The van der Waals surface area contributed by atoms with Crippen LogP contribution in [-0.4, -0.2) is 0 Å². The van der Waals surface area contributed by atoms with Crippen LogP contribution in [-0.2, 0) is 0 Å². The molecule has 30 heavy (non-hydrogen) atoms. The first-order chi connectivity index (χ1) is 14.7. The minimum atomic E-state index is 0.511. The number of nitrogens with one attached hydrogen (secondary N) is 1. The van der Waals surface area contributed by atoms with Crippen LogP contribution in [0.3, 0.4) is 0 Å². The molecule has 2 aliphatic rings. The van der Waals surface area contributed by atoms with Gasteiger partial charge in [-0.05, 0) is 36.4 Å². The predicted octanol–water partition coefficient (Wildman–Crippen LogP) is 7.88. The predicted molar refractivity (Wildman–Crippen MR) is 114 cm³/mol. The Labute approximate surface area is 177 Å². The summed E-state index contributed by atoms with van der Waals surface area (Å²) < 4.78 is 23.7. The molecular weight excluding hydrogens is 402 g/mol. The van der Waals surface area contributed by atoms with Gasteiger partial charge in [-0.1, -0.05) is 35.9 Å². The number of rotatable bonds is 2. The monoisotopic (exact) mass is 415 g/mol. The van der Waals surface area contributed by atoms with Crippen LogP contribution in [0.15, 0.2) is 78.9 Å². The minimum absolute atomic E-state index is 0.511. The highest BCUT2D eigenvalue weighted by molar-refractivity contribution is 6.33. The first kappa shape index (κ1) is 17.1. The van der Waals surface area contributed by atoms with Gasteiger partial charge >= 0.3 is 0 Å². The van der Waals surface area contributed by atoms with Crippen LogP contribution in [0.5, 0.6) is 46.0 Å². The number of anilines is 2. The molecule has 0 saturated carbocycles. The SMILES string of the molecule is Clc1cc2c(cc1Nc1ccc3c(c1)Oc1ccccc1O3)Oc1ccccc1O2. The second-order valence-electron chi connectivity index (χ2n) is 6.87. The highest BCUT2D eigenvalue weighted by Gasteiger charge is 2.22. The van der Waals surface area contributed by atoms with E-state index in [0.29, 0.717) is 56.7 Å². The van der Waals surface area contributed by atoms with Crippen LogP contribution in [0.4, 0.5) is 11.4 Å². The first-order valence-corrected chi connectivity index (χ1v) is 9.75. The third-order valence-corrected chi connectivity index (χ3v) is 5.15. The smallest absolute Gasteiger partial charge is 0.172 e. The van der Waals surface area contributed by atoms with Crippen LogP contribution in [0.1, 0.15) is 0 Å². The summed E-state index contributed by atoms with van der Waals surface area (Å²) in [5.41, 5.74) is 1.49. The Morgan fingerprint density at radius 2 is 0.967 bits per heavy atom. The molecule has 0 unspecified atom stereocenters. The largest absolute Gasteiger partial charge is 0.450 e. The van der Waals surface area contributed by atoms with Crippen molar-refractivity contribution >= 4 is 23.0 Å².